The molecule has 0 spiro atoms. The van der Waals surface area contributed by atoms with Gasteiger partial charge in [-0.15, -0.1) is 10.2 Å². The second-order valence-electron chi connectivity index (χ2n) is 5.76. The van der Waals surface area contributed by atoms with E-state index in [1.165, 1.54) is 11.3 Å². The fourth-order valence-corrected chi connectivity index (χ4v) is 4.97. The van der Waals surface area contributed by atoms with Crippen molar-refractivity contribution in [3.8, 4) is 0 Å². The topological polar surface area (TPSA) is 101 Å². The predicted octanol–water partition coefficient (Wildman–Crippen LogP) is 2.33. The third kappa shape index (κ3) is 5.98. The number of hydrogen-bond acceptors (Lipinski definition) is 7. The van der Waals surface area contributed by atoms with Crippen LogP contribution in [0.4, 0.5) is 5.13 Å². The average molecular weight is 393 g/mol. The number of hydrogen-bond donors (Lipinski definition) is 2. The van der Waals surface area contributed by atoms with Crippen LogP contribution >= 0.6 is 23.1 Å². The molecule has 7 nitrogen and oxygen atoms in total. The quantitative estimate of drug-likeness (QED) is 0.520. The summed E-state index contributed by atoms with van der Waals surface area (Å²) in [6.07, 6.45) is 3.27. The molecule has 1 aliphatic carbocycles. The van der Waals surface area contributed by atoms with Crippen molar-refractivity contribution in [1.82, 2.24) is 14.9 Å². The van der Waals surface area contributed by atoms with Crippen molar-refractivity contribution in [3.63, 3.8) is 0 Å². The number of aromatic nitrogens is 2. The van der Waals surface area contributed by atoms with E-state index in [9.17, 15) is 13.2 Å². The first-order valence-electron chi connectivity index (χ1n) is 8.18. The zero-order valence-corrected chi connectivity index (χ0v) is 16.4. The van der Waals surface area contributed by atoms with Gasteiger partial charge in [-0.25, -0.2) is 13.1 Å². The summed E-state index contributed by atoms with van der Waals surface area (Å²) < 4.78 is 26.4. The van der Waals surface area contributed by atoms with E-state index in [0.717, 1.165) is 35.8 Å². The third-order valence-electron chi connectivity index (χ3n) is 4.09. The fourth-order valence-electron chi connectivity index (χ4n) is 2.63. The number of thioether (sulfide) groups is 1. The van der Waals surface area contributed by atoms with Gasteiger partial charge in [-0.1, -0.05) is 30.0 Å². The van der Waals surface area contributed by atoms with Crippen molar-refractivity contribution >= 4 is 44.2 Å². The van der Waals surface area contributed by atoms with Gasteiger partial charge in [0.2, 0.25) is 21.1 Å². The number of carbonyl (C=O) groups is 1. The maximum absolute atomic E-state index is 12.3. The van der Waals surface area contributed by atoms with Crippen molar-refractivity contribution in [2.45, 2.75) is 43.9 Å². The highest BCUT2D eigenvalue weighted by Crippen LogP contribution is 2.30. The monoisotopic (exact) mass is 392 g/mol. The minimum absolute atomic E-state index is 0.00760. The highest BCUT2D eigenvalue weighted by molar-refractivity contribution is 8.01. The Bertz CT molecular complexity index is 639. The number of amides is 1. The summed E-state index contributed by atoms with van der Waals surface area (Å²) in [6.45, 7) is 4.14. The van der Waals surface area contributed by atoms with Crippen molar-refractivity contribution in [2.75, 3.05) is 23.4 Å². The van der Waals surface area contributed by atoms with Crippen molar-refractivity contribution in [3.05, 3.63) is 0 Å². The van der Waals surface area contributed by atoms with E-state index in [1.807, 2.05) is 6.92 Å². The Labute approximate surface area is 151 Å². The lowest BCUT2D eigenvalue weighted by Gasteiger charge is -2.27. The number of nitrogens with zero attached hydrogens (tertiary/aromatic N) is 2. The van der Waals surface area contributed by atoms with Crippen molar-refractivity contribution in [1.29, 1.82) is 0 Å². The number of carbonyl (C=O) groups excluding carboxylic acids is 1. The molecule has 0 aliphatic heterocycles. The molecule has 1 aliphatic rings. The molecule has 10 heteroatoms. The summed E-state index contributed by atoms with van der Waals surface area (Å²) in [5, 5.41) is 11.4. The van der Waals surface area contributed by atoms with Crippen LogP contribution in [0.5, 0.6) is 0 Å². The van der Waals surface area contributed by atoms with E-state index < -0.39 is 10.0 Å². The highest BCUT2D eigenvalue weighted by Gasteiger charge is 2.27. The van der Waals surface area contributed by atoms with Gasteiger partial charge in [0.15, 0.2) is 4.34 Å². The molecule has 2 rings (SSSR count). The molecule has 1 fully saturated rings. The Kier molecular flexibility index (Phi) is 7.45. The standard InChI is InChI=1S/C14H24N4O3S3/c1-3-22-14-18-17-13(23-14)16-12(19)11-7-5-10(6-8-11)9-15-24(20,21)4-2/h10-11,15H,3-9H2,1-2H3,(H,16,17,19). The number of rotatable bonds is 8. The Hall–Kier alpha value is -0.710. The molecule has 1 amide bonds. The zero-order valence-electron chi connectivity index (χ0n) is 13.9. The summed E-state index contributed by atoms with van der Waals surface area (Å²) in [7, 11) is -3.14. The SMILES string of the molecule is CCSc1nnc(NC(=O)C2CCC(CNS(=O)(=O)CC)CC2)s1. The van der Waals surface area contributed by atoms with Crippen LogP contribution in [0.3, 0.4) is 0 Å². The highest BCUT2D eigenvalue weighted by atomic mass is 32.2. The smallest absolute Gasteiger partial charge is 0.229 e. The summed E-state index contributed by atoms with van der Waals surface area (Å²) in [4.78, 5) is 12.3. The Morgan fingerprint density at radius 3 is 2.58 bits per heavy atom. The Balaban J connectivity index is 1.75. The minimum Gasteiger partial charge on any atom is -0.300 e. The molecule has 0 radical (unpaired) electrons. The lowest BCUT2D eigenvalue weighted by Crippen LogP contribution is -2.34. The summed E-state index contributed by atoms with van der Waals surface area (Å²) in [6, 6.07) is 0. The van der Waals surface area contributed by atoms with Crippen LogP contribution in [0, 0.1) is 11.8 Å². The maximum atomic E-state index is 12.3. The van der Waals surface area contributed by atoms with Gasteiger partial charge in [-0.05, 0) is 44.3 Å². The van der Waals surface area contributed by atoms with Crippen LogP contribution in [-0.2, 0) is 14.8 Å². The van der Waals surface area contributed by atoms with E-state index >= 15 is 0 Å². The Morgan fingerprint density at radius 1 is 1.25 bits per heavy atom. The van der Waals surface area contributed by atoms with E-state index in [2.05, 4.69) is 20.2 Å². The van der Waals surface area contributed by atoms with Crippen molar-refractivity contribution < 1.29 is 13.2 Å². The molecule has 1 aromatic heterocycles. The van der Waals surface area contributed by atoms with Crippen LogP contribution in [0.25, 0.3) is 0 Å². The molecule has 136 valence electrons. The molecule has 0 saturated heterocycles. The first kappa shape index (κ1) is 19.6. The normalized spacial score (nSPS) is 21.6. The van der Waals surface area contributed by atoms with Gasteiger partial charge >= 0.3 is 0 Å². The lowest BCUT2D eigenvalue weighted by molar-refractivity contribution is -0.121. The molecule has 24 heavy (non-hydrogen) atoms. The van der Waals surface area contributed by atoms with Crippen molar-refractivity contribution in [2.24, 2.45) is 11.8 Å². The maximum Gasteiger partial charge on any atom is 0.229 e. The number of sulfonamides is 1. The van der Waals surface area contributed by atoms with Gasteiger partial charge in [0.05, 0.1) is 5.75 Å². The largest absolute Gasteiger partial charge is 0.300 e. The minimum atomic E-state index is -3.14. The van der Waals surface area contributed by atoms with Gasteiger partial charge in [-0.3, -0.25) is 4.79 Å². The molecule has 2 N–H and O–H groups in total. The zero-order chi connectivity index (χ0) is 17.6. The van der Waals surface area contributed by atoms with Gasteiger partial charge in [-0.2, -0.15) is 0 Å². The summed E-state index contributed by atoms with van der Waals surface area (Å²) >= 11 is 3.00. The number of anilines is 1. The van der Waals surface area contributed by atoms with Gasteiger partial charge < -0.3 is 5.32 Å². The molecule has 0 unspecified atom stereocenters. The molecule has 0 atom stereocenters. The molecule has 0 aromatic carbocycles. The van der Waals surface area contributed by atoms with Gasteiger partial charge in [0, 0.05) is 12.5 Å². The van der Waals surface area contributed by atoms with Crippen LogP contribution in [0.2, 0.25) is 0 Å². The predicted molar refractivity (Wildman–Crippen MR) is 97.8 cm³/mol. The fraction of sp³-hybridized carbons (Fsp3) is 0.786. The van der Waals surface area contributed by atoms with E-state index in [1.54, 1.807) is 18.7 Å². The lowest BCUT2D eigenvalue weighted by atomic mass is 9.81. The van der Waals surface area contributed by atoms with E-state index in [0.29, 0.717) is 17.6 Å². The first-order valence-corrected chi connectivity index (χ1v) is 11.6. The van der Waals surface area contributed by atoms with E-state index in [-0.39, 0.29) is 17.6 Å². The molecule has 0 bridgehead atoms. The second-order valence-corrected chi connectivity index (χ2v) is 10.3. The molecular formula is C14H24N4O3S3. The Morgan fingerprint density at radius 2 is 1.96 bits per heavy atom. The molecular weight excluding hydrogens is 368 g/mol. The first-order chi connectivity index (χ1) is 11.4. The summed E-state index contributed by atoms with van der Waals surface area (Å²) in [5.74, 6) is 1.30. The van der Waals surface area contributed by atoms with Gasteiger partial charge in [0.1, 0.15) is 0 Å². The summed E-state index contributed by atoms with van der Waals surface area (Å²) in [5.41, 5.74) is 0. The number of nitrogens with one attached hydrogen (secondary N) is 2. The molecule has 1 heterocycles. The molecule has 1 saturated carbocycles. The van der Waals surface area contributed by atoms with Crippen LogP contribution in [0.1, 0.15) is 39.5 Å². The van der Waals surface area contributed by atoms with Crippen LogP contribution in [-0.4, -0.2) is 42.6 Å². The van der Waals surface area contributed by atoms with E-state index in [4.69, 9.17) is 0 Å². The van der Waals surface area contributed by atoms with Gasteiger partial charge in [0.25, 0.3) is 0 Å². The molecule has 1 aromatic rings. The van der Waals surface area contributed by atoms with Crippen LogP contribution < -0.4 is 10.0 Å². The second kappa shape index (κ2) is 9.12. The van der Waals surface area contributed by atoms with Crippen LogP contribution in [0.15, 0.2) is 4.34 Å². The average Bonchev–Trinajstić information content (AvgIpc) is 3.01. The third-order valence-corrected chi connectivity index (χ3v) is 7.31.